The van der Waals surface area contributed by atoms with Gasteiger partial charge in [0.05, 0.1) is 27.9 Å². The van der Waals surface area contributed by atoms with E-state index in [4.69, 9.17) is 21.6 Å². The Kier molecular flexibility index (Phi) is 6.31. The molecule has 4 nitrogen and oxygen atoms in total. The largest absolute Gasteiger partial charge is 0.325 e. The van der Waals surface area contributed by atoms with Gasteiger partial charge in [0.2, 0.25) is 5.91 Å². The number of carbonyl (C=O) groups is 1. The second kappa shape index (κ2) is 9.28. The molecule has 6 heteroatoms. The minimum atomic E-state index is -0.0937. The van der Waals surface area contributed by atoms with Gasteiger partial charge in [0.15, 0.2) is 0 Å². The molecule has 0 aliphatic carbocycles. The SMILES string of the molecule is Cc1ccc(Cl)cc1NC(=O)CSC1=Nc2ccccc2N=C(c2ccccc2)C1. The van der Waals surface area contributed by atoms with E-state index in [9.17, 15) is 4.79 Å². The first-order valence-corrected chi connectivity index (χ1v) is 10.9. The maximum absolute atomic E-state index is 12.5. The number of aliphatic imine (C=N–C) groups is 2. The van der Waals surface area contributed by atoms with Crippen LogP contribution in [0, 0.1) is 6.92 Å². The lowest BCUT2D eigenvalue weighted by atomic mass is 10.1. The van der Waals surface area contributed by atoms with Crippen molar-refractivity contribution in [3.8, 4) is 0 Å². The van der Waals surface area contributed by atoms with Crippen molar-refractivity contribution in [3.63, 3.8) is 0 Å². The lowest BCUT2D eigenvalue weighted by Crippen LogP contribution is -2.17. The third-order valence-corrected chi connectivity index (χ3v) is 5.86. The summed E-state index contributed by atoms with van der Waals surface area (Å²) in [5.74, 6) is 0.165. The van der Waals surface area contributed by atoms with Crippen LogP contribution in [0.5, 0.6) is 0 Å². The lowest BCUT2D eigenvalue weighted by molar-refractivity contribution is -0.113. The Hall–Kier alpha value is -2.89. The van der Waals surface area contributed by atoms with E-state index in [-0.39, 0.29) is 11.7 Å². The summed E-state index contributed by atoms with van der Waals surface area (Å²) < 4.78 is 0. The van der Waals surface area contributed by atoms with E-state index in [0.29, 0.717) is 11.4 Å². The minimum Gasteiger partial charge on any atom is -0.325 e. The molecule has 0 saturated carbocycles. The quantitative estimate of drug-likeness (QED) is 0.505. The first kappa shape index (κ1) is 20.4. The Morgan fingerprint density at radius 1 is 1.00 bits per heavy atom. The molecule has 3 aromatic carbocycles. The van der Waals surface area contributed by atoms with Crippen LogP contribution in [-0.2, 0) is 4.79 Å². The summed E-state index contributed by atoms with van der Waals surface area (Å²) in [7, 11) is 0. The molecule has 0 atom stereocenters. The highest BCUT2D eigenvalue weighted by Crippen LogP contribution is 2.33. The van der Waals surface area contributed by atoms with Crippen LogP contribution in [-0.4, -0.2) is 22.4 Å². The third kappa shape index (κ3) is 4.99. The number of para-hydroxylation sites is 2. The number of halogens is 1. The number of rotatable bonds is 4. The van der Waals surface area contributed by atoms with Gasteiger partial charge in [-0.3, -0.25) is 9.79 Å². The van der Waals surface area contributed by atoms with Crippen molar-refractivity contribution >= 4 is 57.1 Å². The molecule has 0 bridgehead atoms. The summed E-state index contributed by atoms with van der Waals surface area (Å²) in [5, 5.41) is 4.39. The molecular formula is C24H20ClN3OS. The van der Waals surface area contributed by atoms with Gasteiger partial charge in [0.1, 0.15) is 0 Å². The van der Waals surface area contributed by atoms with Crippen molar-refractivity contribution in [2.45, 2.75) is 13.3 Å². The number of benzene rings is 3. The molecule has 0 saturated heterocycles. The van der Waals surface area contributed by atoms with Crippen LogP contribution in [0.1, 0.15) is 17.5 Å². The van der Waals surface area contributed by atoms with Crippen molar-refractivity contribution < 1.29 is 4.79 Å². The van der Waals surface area contributed by atoms with Crippen LogP contribution in [0.4, 0.5) is 17.1 Å². The van der Waals surface area contributed by atoms with E-state index in [1.165, 1.54) is 11.8 Å². The molecule has 0 unspecified atom stereocenters. The Balaban J connectivity index is 1.52. The normalized spacial score (nSPS) is 13.0. The zero-order chi connectivity index (χ0) is 20.9. The Labute approximate surface area is 185 Å². The molecule has 4 rings (SSSR count). The number of fused-ring (bicyclic) bond motifs is 1. The van der Waals surface area contributed by atoms with Crippen molar-refractivity contribution in [2.24, 2.45) is 9.98 Å². The summed E-state index contributed by atoms with van der Waals surface area (Å²) in [6.45, 7) is 1.94. The number of amides is 1. The molecule has 1 heterocycles. The second-order valence-electron chi connectivity index (χ2n) is 6.89. The van der Waals surface area contributed by atoms with E-state index in [0.717, 1.165) is 38.9 Å². The molecule has 30 heavy (non-hydrogen) atoms. The fourth-order valence-corrected chi connectivity index (χ4v) is 4.04. The summed E-state index contributed by atoms with van der Waals surface area (Å²) in [6, 6.07) is 23.4. The second-order valence-corrected chi connectivity index (χ2v) is 8.38. The maximum atomic E-state index is 12.5. The third-order valence-electron chi connectivity index (χ3n) is 4.65. The number of aryl methyl sites for hydroxylation is 1. The van der Waals surface area contributed by atoms with Gasteiger partial charge in [-0.15, -0.1) is 11.8 Å². The number of nitrogens with one attached hydrogen (secondary N) is 1. The lowest BCUT2D eigenvalue weighted by Gasteiger charge is -2.10. The molecule has 0 fully saturated rings. The molecule has 0 aromatic heterocycles. The average molecular weight is 434 g/mol. The van der Waals surface area contributed by atoms with Crippen LogP contribution in [0.2, 0.25) is 5.02 Å². The monoisotopic (exact) mass is 433 g/mol. The fraction of sp³-hybridized carbons (Fsp3) is 0.125. The van der Waals surface area contributed by atoms with E-state index >= 15 is 0 Å². The summed E-state index contributed by atoms with van der Waals surface area (Å²) >= 11 is 7.48. The van der Waals surface area contributed by atoms with Crippen LogP contribution in [0.15, 0.2) is 82.8 Å². The number of hydrogen-bond donors (Lipinski definition) is 1. The standard InChI is InChI=1S/C24H20ClN3OS/c1-16-11-12-18(25)13-21(16)27-23(29)15-30-24-14-22(17-7-3-2-4-8-17)26-19-9-5-6-10-20(19)28-24/h2-13H,14-15H2,1H3,(H,27,29). The van der Waals surface area contributed by atoms with Crippen LogP contribution in [0.3, 0.4) is 0 Å². The average Bonchev–Trinajstić information content (AvgIpc) is 2.95. The highest BCUT2D eigenvalue weighted by Gasteiger charge is 2.16. The Morgan fingerprint density at radius 3 is 2.47 bits per heavy atom. The smallest absolute Gasteiger partial charge is 0.234 e. The number of anilines is 1. The molecule has 1 amide bonds. The van der Waals surface area contributed by atoms with Crippen molar-refractivity contribution in [1.82, 2.24) is 0 Å². The van der Waals surface area contributed by atoms with E-state index in [1.807, 2.05) is 73.7 Å². The molecule has 150 valence electrons. The summed E-state index contributed by atoms with van der Waals surface area (Å²) in [6.07, 6.45) is 0.576. The van der Waals surface area contributed by atoms with E-state index < -0.39 is 0 Å². The van der Waals surface area contributed by atoms with E-state index in [1.54, 1.807) is 6.07 Å². The molecule has 0 spiro atoms. The van der Waals surface area contributed by atoms with Gasteiger partial charge < -0.3 is 5.32 Å². The number of thioether (sulfide) groups is 1. The minimum absolute atomic E-state index is 0.0937. The highest BCUT2D eigenvalue weighted by atomic mass is 35.5. The highest BCUT2D eigenvalue weighted by molar-refractivity contribution is 8.14. The fourth-order valence-electron chi connectivity index (χ4n) is 3.10. The first-order valence-electron chi connectivity index (χ1n) is 9.57. The summed E-state index contributed by atoms with van der Waals surface area (Å²) in [4.78, 5) is 22.2. The van der Waals surface area contributed by atoms with Crippen LogP contribution < -0.4 is 5.32 Å². The molecular weight excluding hydrogens is 414 g/mol. The van der Waals surface area contributed by atoms with Gasteiger partial charge in [-0.05, 0) is 42.3 Å². The topological polar surface area (TPSA) is 53.8 Å². The predicted octanol–water partition coefficient (Wildman–Crippen LogP) is 6.57. The van der Waals surface area contributed by atoms with Gasteiger partial charge in [0, 0.05) is 17.1 Å². The maximum Gasteiger partial charge on any atom is 0.234 e. The molecule has 0 radical (unpaired) electrons. The van der Waals surface area contributed by atoms with Crippen LogP contribution >= 0.6 is 23.4 Å². The molecule has 1 N–H and O–H groups in total. The van der Waals surface area contributed by atoms with Crippen molar-refractivity contribution in [1.29, 1.82) is 0 Å². The van der Waals surface area contributed by atoms with Crippen LogP contribution in [0.25, 0.3) is 0 Å². The van der Waals surface area contributed by atoms with Gasteiger partial charge in [-0.2, -0.15) is 0 Å². The summed E-state index contributed by atoms with van der Waals surface area (Å²) in [5.41, 5.74) is 5.35. The van der Waals surface area contributed by atoms with Crippen molar-refractivity contribution in [2.75, 3.05) is 11.1 Å². The molecule has 1 aliphatic heterocycles. The predicted molar refractivity (Wildman–Crippen MR) is 128 cm³/mol. The van der Waals surface area contributed by atoms with Gasteiger partial charge in [-0.1, -0.05) is 60.1 Å². The molecule has 3 aromatic rings. The van der Waals surface area contributed by atoms with E-state index in [2.05, 4.69) is 5.32 Å². The zero-order valence-corrected chi connectivity index (χ0v) is 18.0. The number of nitrogens with zero attached hydrogens (tertiary/aromatic N) is 2. The Bertz CT molecular complexity index is 1140. The van der Waals surface area contributed by atoms with Gasteiger partial charge >= 0.3 is 0 Å². The number of hydrogen-bond acceptors (Lipinski definition) is 4. The van der Waals surface area contributed by atoms with Crippen molar-refractivity contribution in [3.05, 3.63) is 88.9 Å². The van der Waals surface area contributed by atoms with Gasteiger partial charge in [0.25, 0.3) is 0 Å². The molecule has 1 aliphatic rings. The van der Waals surface area contributed by atoms with Gasteiger partial charge in [-0.25, -0.2) is 4.99 Å². The zero-order valence-electron chi connectivity index (χ0n) is 16.4. The Morgan fingerprint density at radius 2 is 1.70 bits per heavy atom. The number of carbonyl (C=O) groups excluding carboxylic acids is 1. The first-order chi connectivity index (χ1) is 14.6.